The number of aromatic nitrogens is 2. The van der Waals surface area contributed by atoms with Gasteiger partial charge >= 0.3 is 29.6 Å². The van der Waals surface area contributed by atoms with Crippen molar-refractivity contribution >= 4 is 27.2 Å². The van der Waals surface area contributed by atoms with Gasteiger partial charge < -0.3 is 10.0 Å². The molecule has 0 aliphatic carbocycles. The molecule has 4 rings (SSSR count). The first kappa shape index (κ1) is 27.8. The molecule has 0 amide bonds. The van der Waals surface area contributed by atoms with Crippen LogP contribution >= 0.6 is 0 Å². The SMILES string of the molecule is O.O=c1c(N=Nc2ccc(S(=O)(=O)[O-])cc2)c(-c2ccc([N+](=O)[O-])cc2)[nH]n1-c1ccccc1.[Na+]. The first-order chi connectivity index (χ1) is 15.7. The second-order valence-electron chi connectivity index (χ2n) is 6.76. The van der Waals surface area contributed by atoms with Gasteiger partial charge in [-0.2, -0.15) is 5.11 Å². The van der Waals surface area contributed by atoms with Gasteiger partial charge in [0.2, 0.25) is 0 Å². The molecule has 35 heavy (non-hydrogen) atoms. The molecule has 0 saturated carbocycles. The number of benzene rings is 3. The number of rotatable bonds is 6. The molecular weight excluding hydrogens is 489 g/mol. The Kier molecular flexibility index (Phi) is 8.98. The minimum Gasteiger partial charge on any atom is -0.744 e. The standard InChI is InChI=1S/C21H15N5O6S.Na.H2O/c27-21-20(23-22-15-8-12-18(13-9-15)33(30,31)32)19(14-6-10-17(11-7-14)26(28)29)24-25(21)16-4-2-1-3-5-16;;/h1-13,24H,(H,30,31,32);;1H2/q;+1;/p-1. The molecule has 0 aliphatic rings. The summed E-state index contributed by atoms with van der Waals surface area (Å²) in [6, 6.07) is 19.0. The number of aromatic amines is 1. The monoisotopic (exact) mass is 505 g/mol. The minimum atomic E-state index is -4.60. The Hall–Kier alpha value is -3.46. The molecule has 4 aromatic rings. The van der Waals surface area contributed by atoms with Gasteiger partial charge in [0.15, 0.2) is 5.69 Å². The second-order valence-corrected chi connectivity index (χ2v) is 8.14. The van der Waals surface area contributed by atoms with Gasteiger partial charge in [0.1, 0.15) is 10.1 Å². The Morgan fingerprint density at radius 3 is 2.03 bits per heavy atom. The number of H-pyrrole nitrogens is 1. The van der Waals surface area contributed by atoms with E-state index in [1.54, 1.807) is 30.3 Å². The molecular formula is C21H16N5NaO7S. The van der Waals surface area contributed by atoms with E-state index >= 15 is 0 Å². The van der Waals surface area contributed by atoms with Gasteiger partial charge in [-0.3, -0.25) is 20.0 Å². The Labute approximate surface area is 220 Å². The number of non-ortho nitro benzene ring substituents is 1. The van der Waals surface area contributed by atoms with Crippen molar-refractivity contribution in [2.24, 2.45) is 10.2 Å². The fraction of sp³-hybridized carbons (Fsp3) is 0. The van der Waals surface area contributed by atoms with Crippen LogP contribution in [-0.2, 0) is 10.1 Å². The largest absolute Gasteiger partial charge is 1.00 e. The van der Waals surface area contributed by atoms with E-state index in [1.165, 1.54) is 41.1 Å². The zero-order valence-electron chi connectivity index (χ0n) is 18.2. The Balaban J connectivity index is 0.00000216. The average molecular weight is 505 g/mol. The van der Waals surface area contributed by atoms with E-state index in [0.717, 1.165) is 12.1 Å². The van der Waals surface area contributed by atoms with Crippen molar-refractivity contribution in [3.05, 3.63) is 99.3 Å². The van der Waals surface area contributed by atoms with Crippen LogP contribution in [0.15, 0.2) is 98.8 Å². The number of hydrogen-bond acceptors (Lipinski definition) is 8. The average Bonchev–Trinajstić information content (AvgIpc) is 3.14. The molecule has 3 N–H and O–H groups in total. The minimum absolute atomic E-state index is 0. The maximum absolute atomic E-state index is 13.1. The molecule has 0 atom stereocenters. The number of azo groups is 1. The van der Waals surface area contributed by atoms with E-state index in [-0.39, 0.29) is 57.8 Å². The van der Waals surface area contributed by atoms with E-state index < -0.39 is 25.5 Å². The molecule has 0 aliphatic heterocycles. The van der Waals surface area contributed by atoms with E-state index in [1.807, 2.05) is 0 Å². The van der Waals surface area contributed by atoms with E-state index in [9.17, 15) is 27.9 Å². The number of nitro benzene ring substituents is 1. The maximum atomic E-state index is 13.1. The van der Waals surface area contributed by atoms with Gasteiger partial charge in [0.05, 0.1) is 26.9 Å². The van der Waals surface area contributed by atoms with Crippen LogP contribution in [0.3, 0.4) is 0 Å². The molecule has 0 spiro atoms. The topological polar surface area (TPSA) is 194 Å². The Bertz CT molecular complexity index is 1520. The molecule has 174 valence electrons. The second kappa shape index (κ2) is 11.3. The van der Waals surface area contributed by atoms with Crippen LogP contribution in [0.1, 0.15) is 0 Å². The third kappa shape index (κ3) is 6.16. The summed E-state index contributed by atoms with van der Waals surface area (Å²) in [5.41, 5.74) is 0.807. The summed E-state index contributed by atoms with van der Waals surface area (Å²) in [5.74, 6) is 0. The molecule has 0 radical (unpaired) electrons. The van der Waals surface area contributed by atoms with Crippen LogP contribution in [0, 0.1) is 10.1 Å². The normalized spacial score (nSPS) is 11.0. The Morgan fingerprint density at radius 1 is 0.886 bits per heavy atom. The molecule has 1 aromatic heterocycles. The summed E-state index contributed by atoms with van der Waals surface area (Å²) in [6.45, 7) is 0. The van der Waals surface area contributed by atoms with E-state index in [4.69, 9.17) is 0 Å². The summed E-state index contributed by atoms with van der Waals surface area (Å²) < 4.78 is 34.5. The van der Waals surface area contributed by atoms with Gasteiger partial charge in [0.25, 0.3) is 11.2 Å². The van der Waals surface area contributed by atoms with Gasteiger partial charge in [-0.1, -0.05) is 18.2 Å². The van der Waals surface area contributed by atoms with Crippen LogP contribution < -0.4 is 35.1 Å². The molecule has 3 aromatic carbocycles. The van der Waals surface area contributed by atoms with Crippen molar-refractivity contribution in [3.63, 3.8) is 0 Å². The van der Waals surface area contributed by atoms with Gasteiger partial charge in [-0.15, -0.1) is 5.11 Å². The summed E-state index contributed by atoms with van der Waals surface area (Å²) in [4.78, 5) is 23.1. The summed E-state index contributed by atoms with van der Waals surface area (Å²) in [7, 11) is -4.60. The van der Waals surface area contributed by atoms with Gasteiger partial charge in [-0.05, 0) is 48.5 Å². The summed E-state index contributed by atoms with van der Waals surface area (Å²) >= 11 is 0. The molecule has 0 saturated heterocycles. The molecule has 0 unspecified atom stereocenters. The van der Waals surface area contributed by atoms with E-state index in [2.05, 4.69) is 15.3 Å². The zero-order chi connectivity index (χ0) is 23.6. The number of nitrogens with one attached hydrogen (secondary N) is 1. The van der Waals surface area contributed by atoms with Gasteiger partial charge in [0, 0.05) is 17.7 Å². The summed E-state index contributed by atoms with van der Waals surface area (Å²) in [6.07, 6.45) is 0. The molecule has 12 nitrogen and oxygen atoms in total. The van der Waals surface area contributed by atoms with Crippen molar-refractivity contribution < 1.29 is 52.9 Å². The third-order valence-corrected chi connectivity index (χ3v) is 5.49. The van der Waals surface area contributed by atoms with Crippen molar-refractivity contribution in [3.8, 4) is 16.9 Å². The number of nitro groups is 1. The zero-order valence-corrected chi connectivity index (χ0v) is 21.0. The number of nitrogens with zero attached hydrogens (tertiary/aromatic N) is 4. The number of hydrogen-bond donors (Lipinski definition) is 1. The summed E-state index contributed by atoms with van der Waals surface area (Å²) in [5, 5.41) is 21.9. The van der Waals surface area contributed by atoms with Crippen LogP contribution in [0.4, 0.5) is 17.1 Å². The van der Waals surface area contributed by atoms with Crippen molar-refractivity contribution in [2.45, 2.75) is 4.90 Å². The van der Waals surface area contributed by atoms with Crippen molar-refractivity contribution in [1.29, 1.82) is 0 Å². The smallest absolute Gasteiger partial charge is 0.744 e. The molecule has 0 bridgehead atoms. The maximum Gasteiger partial charge on any atom is 1.00 e. The number of para-hydroxylation sites is 1. The van der Waals surface area contributed by atoms with Crippen LogP contribution in [0.5, 0.6) is 0 Å². The van der Waals surface area contributed by atoms with Gasteiger partial charge in [-0.25, -0.2) is 13.1 Å². The fourth-order valence-corrected chi connectivity index (χ4v) is 3.49. The fourth-order valence-electron chi connectivity index (χ4n) is 3.02. The first-order valence-electron chi connectivity index (χ1n) is 9.37. The Morgan fingerprint density at radius 2 is 1.49 bits per heavy atom. The predicted octanol–water partition coefficient (Wildman–Crippen LogP) is 0.240. The van der Waals surface area contributed by atoms with Crippen LogP contribution in [0.25, 0.3) is 16.9 Å². The van der Waals surface area contributed by atoms with E-state index in [0.29, 0.717) is 11.3 Å². The molecule has 0 fully saturated rings. The predicted molar refractivity (Wildman–Crippen MR) is 121 cm³/mol. The van der Waals surface area contributed by atoms with Crippen LogP contribution in [0.2, 0.25) is 0 Å². The quantitative estimate of drug-likeness (QED) is 0.128. The van der Waals surface area contributed by atoms with Crippen molar-refractivity contribution in [1.82, 2.24) is 9.78 Å². The molecule has 1 heterocycles. The third-order valence-electron chi connectivity index (χ3n) is 4.64. The van der Waals surface area contributed by atoms with Crippen LogP contribution in [-0.4, -0.2) is 33.2 Å². The van der Waals surface area contributed by atoms with Crippen molar-refractivity contribution in [2.75, 3.05) is 0 Å². The molecule has 14 heteroatoms. The first-order valence-corrected chi connectivity index (χ1v) is 10.8.